The Kier molecular flexibility index (Phi) is 4.53. The van der Waals surface area contributed by atoms with Crippen LogP contribution >= 0.6 is 11.3 Å². The summed E-state index contributed by atoms with van der Waals surface area (Å²) in [6, 6.07) is 9.94. The quantitative estimate of drug-likeness (QED) is 0.558. The Labute approximate surface area is 154 Å². The number of ether oxygens (including phenoxy) is 2. The third kappa shape index (κ3) is 3.01. The summed E-state index contributed by atoms with van der Waals surface area (Å²) in [6.45, 7) is 0.753. The zero-order chi connectivity index (χ0) is 17.9. The van der Waals surface area contributed by atoms with Gasteiger partial charge in [-0.15, -0.1) is 11.3 Å². The topological polar surface area (TPSA) is 69.2 Å². The highest BCUT2D eigenvalue weighted by molar-refractivity contribution is 7.25. The second kappa shape index (κ2) is 7.13. The highest BCUT2D eigenvalue weighted by Gasteiger charge is 2.11. The summed E-state index contributed by atoms with van der Waals surface area (Å²) >= 11 is 1.61. The van der Waals surface area contributed by atoms with Crippen molar-refractivity contribution in [2.24, 2.45) is 0 Å². The summed E-state index contributed by atoms with van der Waals surface area (Å²) < 4.78 is 11.7. The van der Waals surface area contributed by atoms with Gasteiger partial charge in [-0.1, -0.05) is 6.07 Å². The van der Waals surface area contributed by atoms with Crippen LogP contribution < -0.4 is 14.8 Å². The third-order valence-corrected chi connectivity index (χ3v) is 5.29. The molecule has 6 nitrogen and oxygen atoms in total. The highest BCUT2D eigenvalue weighted by atomic mass is 32.1. The molecule has 3 heterocycles. The number of nitrogens with zero attached hydrogens (tertiary/aromatic N) is 3. The number of nitrogens with one attached hydrogen (secondary N) is 1. The molecule has 0 aliphatic heterocycles. The molecular formula is C19H18N4O2S. The number of aromatic nitrogens is 3. The molecule has 1 N–H and O–H groups in total. The number of anilines is 1. The van der Waals surface area contributed by atoms with E-state index in [2.05, 4.69) is 20.3 Å². The Morgan fingerprint density at radius 3 is 2.77 bits per heavy atom. The maximum atomic E-state index is 5.36. The lowest BCUT2D eigenvalue weighted by Gasteiger charge is -2.10. The van der Waals surface area contributed by atoms with Gasteiger partial charge in [0.05, 0.1) is 24.4 Å². The fraction of sp³-hybridized carbons (Fsp3) is 0.211. The molecule has 4 aromatic rings. The molecule has 0 radical (unpaired) electrons. The summed E-state index contributed by atoms with van der Waals surface area (Å²) in [4.78, 5) is 14.2. The van der Waals surface area contributed by atoms with Crippen LogP contribution in [0.2, 0.25) is 0 Å². The van der Waals surface area contributed by atoms with Gasteiger partial charge in [-0.3, -0.25) is 0 Å². The SMILES string of the molecule is COc1ccc(CCNc2ncnc3c2sc2ncccc23)cc1OC. The molecule has 0 fully saturated rings. The lowest BCUT2D eigenvalue weighted by atomic mass is 10.1. The van der Waals surface area contributed by atoms with Gasteiger partial charge in [0.25, 0.3) is 0 Å². The predicted octanol–water partition coefficient (Wildman–Crippen LogP) is 3.91. The zero-order valence-corrected chi connectivity index (χ0v) is 15.3. The largest absolute Gasteiger partial charge is 0.493 e. The number of thiophene rings is 1. The average molecular weight is 366 g/mol. The Hall–Kier alpha value is -2.93. The van der Waals surface area contributed by atoms with Crippen molar-refractivity contribution in [1.82, 2.24) is 15.0 Å². The van der Waals surface area contributed by atoms with Gasteiger partial charge in [0.1, 0.15) is 17.0 Å². The summed E-state index contributed by atoms with van der Waals surface area (Å²) in [5, 5.41) is 4.49. The molecule has 4 rings (SSSR count). The molecule has 7 heteroatoms. The van der Waals surface area contributed by atoms with E-state index in [1.807, 2.05) is 30.3 Å². The number of fused-ring (bicyclic) bond motifs is 3. The number of benzene rings is 1. The van der Waals surface area contributed by atoms with E-state index in [4.69, 9.17) is 9.47 Å². The Bertz CT molecular complexity index is 1060. The fourth-order valence-corrected chi connectivity index (χ4v) is 3.96. The van der Waals surface area contributed by atoms with E-state index < -0.39 is 0 Å². The summed E-state index contributed by atoms with van der Waals surface area (Å²) in [5.74, 6) is 2.32. The molecule has 3 aromatic heterocycles. The molecule has 132 valence electrons. The van der Waals surface area contributed by atoms with Crippen LogP contribution in [0.4, 0.5) is 5.82 Å². The van der Waals surface area contributed by atoms with E-state index in [1.54, 1.807) is 38.1 Å². The van der Waals surface area contributed by atoms with Crippen molar-refractivity contribution in [2.45, 2.75) is 6.42 Å². The van der Waals surface area contributed by atoms with Crippen molar-refractivity contribution in [3.05, 3.63) is 48.4 Å². The second-order valence-corrected chi connectivity index (χ2v) is 6.72. The van der Waals surface area contributed by atoms with Crippen molar-refractivity contribution >= 4 is 37.6 Å². The van der Waals surface area contributed by atoms with Crippen molar-refractivity contribution in [2.75, 3.05) is 26.1 Å². The van der Waals surface area contributed by atoms with Gasteiger partial charge in [0.15, 0.2) is 11.5 Å². The molecule has 0 aliphatic rings. The maximum Gasteiger partial charge on any atom is 0.160 e. The summed E-state index contributed by atoms with van der Waals surface area (Å²) in [7, 11) is 3.28. The number of methoxy groups -OCH3 is 2. The second-order valence-electron chi connectivity index (χ2n) is 5.72. The van der Waals surface area contributed by atoms with Crippen molar-refractivity contribution in [1.29, 1.82) is 0 Å². The molecule has 0 saturated carbocycles. The molecule has 1 aromatic carbocycles. The molecule has 0 saturated heterocycles. The maximum absolute atomic E-state index is 5.36. The molecule has 0 bridgehead atoms. The summed E-state index contributed by atoms with van der Waals surface area (Å²) in [5.41, 5.74) is 2.11. The van der Waals surface area contributed by atoms with Gasteiger partial charge in [-0.05, 0) is 36.2 Å². The molecule has 0 amide bonds. The first-order chi connectivity index (χ1) is 12.8. The van der Waals surface area contributed by atoms with Gasteiger partial charge in [-0.2, -0.15) is 0 Å². The standard InChI is InChI=1S/C19H18N4O2S/c1-24-14-6-5-12(10-15(14)25-2)7-9-20-18-17-16(22-11-23-18)13-4-3-8-21-19(13)26-17/h3-6,8,10-11H,7,9H2,1-2H3,(H,20,22,23). The van der Waals surface area contributed by atoms with Crippen LogP contribution in [-0.4, -0.2) is 35.7 Å². The zero-order valence-electron chi connectivity index (χ0n) is 14.5. The van der Waals surface area contributed by atoms with Crippen molar-refractivity contribution < 1.29 is 9.47 Å². The van der Waals surface area contributed by atoms with E-state index in [0.29, 0.717) is 0 Å². The van der Waals surface area contributed by atoms with E-state index in [0.717, 1.165) is 50.7 Å². The first kappa shape index (κ1) is 16.5. The summed E-state index contributed by atoms with van der Waals surface area (Å²) in [6.07, 6.45) is 4.24. The minimum absolute atomic E-state index is 0.736. The molecule has 0 spiro atoms. The van der Waals surface area contributed by atoms with Gasteiger partial charge in [0, 0.05) is 18.1 Å². The van der Waals surface area contributed by atoms with Crippen LogP contribution in [0.1, 0.15) is 5.56 Å². The van der Waals surface area contributed by atoms with E-state index >= 15 is 0 Å². The van der Waals surface area contributed by atoms with Crippen LogP contribution in [0.5, 0.6) is 11.5 Å². The van der Waals surface area contributed by atoms with Crippen LogP contribution in [0, 0.1) is 0 Å². The smallest absolute Gasteiger partial charge is 0.160 e. The number of rotatable bonds is 6. The molecule has 0 aliphatic carbocycles. The number of hydrogen-bond acceptors (Lipinski definition) is 7. The fourth-order valence-electron chi connectivity index (χ4n) is 2.90. The van der Waals surface area contributed by atoms with Gasteiger partial charge in [-0.25, -0.2) is 15.0 Å². The van der Waals surface area contributed by atoms with E-state index in [-0.39, 0.29) is 0 Å². The van der Waals surface area contributed by atoms with Crippen LogP contribution in [-0.2, 0) is 6.42 Å². The molecule has 26 heavy (non-hydrogen) atoms. The molecule has 0 unspecified atom stereocenters. The van der Waals surface area contributed by atoms with E-state index in [9.17, 15) is 0 Å². The first-order valence-electron chi connectivity index (χ1n) is 8.23. The van der Waals surface area contributed by atoms with Crippen molar-refractivity contribution in [3.63, 3.8) is 0 Å². The van der Waals surface area contributed by atoms with Crippen LogP contribution in [0.15, 0.2) is 42.9 Å². The predicted molar refractivity (Wildman–Crippen MR) is 104 cm³/mol. The van der Waals surface area contributed by atoms with Gasteiger partial charge >= 0.3 is 0 Å². The van der Waals surface area contributed by atoms with Gasteiger partial charge in [0.2, 0.25) is 0 Å². The monoisotopic (exact) mass is 366 g/mol. The lowest BCUT2D eigenvalue weighted by Crippen LogP contribution is -2.06. The lowest BCUT2D eigenvalue weighted by molar-refractivity contribution is 0.354. The average Bonchev–Trinajstić information content (AvgIpc) is 3.07. The minimum Gasteiger partial charge on any atom is -0.493 e. The Morgan fingerprint density at radius 2 is 1.92 bits per heavy atom. The number of hydrogen-bond donors (Lipinski definition) is 1. The minimum atomic E-state index is 0.736. The normalized spacial score (nSPS) is 11.0. The van der Waals surface area contributed by atoms with Crippen LogP contribution in [0.3, 0.4) is 0 Å². The Balaban J connectivity index is 1.53. The Morgan fingerprint density at radius 1 is 1.04 bits per heavy atom. The molecular weight excluding hydrogens is 348 g/mol. The highest BCUT2D eigenvalue weighted by Crippen LogP contribution is 2.34. The third-order valence-electron chi connectivity index (χ3n) is 4.18. The van der Waals surface area contributed by atoms with Crippen LogP contribution in [0.25, 0.3) is 20.4 Å². The van der Waals surface area contributed by atoms with Gasteiger partial charge < -0.3 is 14.8 Å². The number of pyridine rings is 1. The molecule has 0 atom stereocenters. The van der Waals surface area contributed by atoms with E-state index in [1.165, 1.54) is 5.56 Å². The van der Waals surface area contributed by atoms with Crippen molar-refractivity contribution in [3.8, 4) is 11.5 Å². The first-order valence-corrected chi connectivity index (χ1v) is 9.05.